The molecule has 0 radical (unpaired) electrons. The van der Waals surface area contributed by atoms with Gasteiger partial charge in [0, 0.05) is 74.4 Å². The number of aryl methyl sites for hydroxylation is 1. The highest BCUT2D eigenvalue weighted by Crippen LogP contribution is 2.34. The van der Waals surface area contributed by atoms with Gasteiger partial charge in [-0.05, 0) is 37.6 Å². The fourth-order valence-corrected chi connectivity index (χ4v) is 4.95. The van der Waals surface area contributed by atoms with E-state index in [2.05, 4.69) is 32.5 Å². The van der Waals surface area contributed by atoms with Crippen LogP contribution in [0, 0.1) is 5.82 Å². The van der Waals surface area contributed by atoms with E-state index in [1.165, 1.54) is 6.07 Å². The summed E-state index contributed by atoms with van der Waals surface area (Å²) < 4.78 is 16.1. The van der Waals surface area contributed by atoms with Crippen LogP contribution in [0.2, 0.25) is 0 Å². The van der Waals surface area contributed by atoms with E-state index < -0.39 is 11.8 Å². The number of aromatic carboxylic acids is 1. The molecule has 0 aliphatic carbocycles. The molecule has 0 saturated carbocycles. The smallest absolute Gasteiger partial charge is 0.335 e. The Morgan fingerprint density at radius 2 is 1.95 bits per heavy atom. The SMILES string of the molecule is C[C@H]1CN(c2ccnc3c2CCN3C(=O)Nc2cc3cn(C)nc3cc2F)CCN1.O=C(O)c1ccccc1. The van der Waals surface area contributed by atoms with E-state index in [9.17, 15) is 14.0 Å². The lowest BCUT2D eigenvalue weighted by Crippen LogP contribution is -2.49. The van der Waals surface area contributed by atoms with Crippen LogP contribution in [0.5, 0.6) is 0 Å². The highest BCUT2D eigenvalue weighted by Gasteiger charge is 2.31. The van der Waals surface area contributed by atoms with Crippen LogP contribution < -0.4 is 20.4 Å². The number of rotatable bonds is 3. The molecule has 2 aromatic carbocycles. The first-order chi connectivity index (χ1) is 18.8. The van der Waals surface area contributed by atoms with Crippen molar-refractivity contribution in [2.75, 3.05) is 41.3 Å². The average Bonchev–Trinajstić information content (AvgIpc) is 3.52. The van der Waals surface area contributed by atoms with Crippen molar-refractivity contribution in [1.82, 2.24) is 20.1 Å². The number of hydrogen-bond donors (Lipinski definition) is 3. The number of urea groups is 1. The number of carbonyl (C=O) groups is 2. The van der Waals surface area contributed by atoms with Gasteiger partial charge < -0.3 is 20.6 Å². The van der Waals surface area contributed by atoms with Crippen LogP contribution in [0.15, 0.2) is 60.9 Å². The van der Waals surface area contributed by atoms with Crippen LogP contribution >= 0.6 is 0 Å². The molecule has 202 valence electrons. The predicted molar refractivity (Wildman–Crippen MR) is 148 cm³/mol. The number of aromatic nitrogens is 3. The third-order valence-electron chi connectivity index (χ3n) is 6.77. The number of nitrogens with zero attached hydrogens (tertiary/aromatic N) is 5. The molecule has 39 heavy (non-hydrogen) atoms. The number of hydrogen-bond acceptors (Lipinski definition) is 6. The van der Waals surface area contributed by atoms with Crippen molar-refractivity contribution < 1.29 is 19.1 Å². The molecule has 10 nitrogen and oxygen atoms in total. The number of fused-ring (bicyclic) bond motifs is 2. The molecule has 4 aromatic rings. The molecule has 11 heteroatoms. The monoisotopic (exact) mass is 531 g/mol. The molecule has 0 bridgehead atoms. The zero-order valence-electron chi connectivity index (χ0n) is 21.8. The highest BCUT2D eigenvalue weighted by atomic mass is 19.1. The highest BCUT2D eigenvalue weighted by molar-refractivity contribution is 6.04. The Bertz CT molecular complexity index is 1510. The lowest BCUT2D eigenvalue weighted by molar-refractivity contribution is 0.0697. The van der Waals surface area contributed by atoms with Crippen molar-refractivity contribution in [2.24, 2.45) is 7.05 Å². The predicted octanol–water partition coefficient (Wildman–Crippen LogP) is 3.88. The maximum atomic E-state index is 14.5. The summed E-state index contributed by atoms with van der Waals surface area (Å²) in [6.07, 6.45) is 4.26. The van der Waals surface area contributed by atoms with Crippen molar-refractivity contribution in [3.63, 3.8) is 0 Å². The van der Waals surface area contributed by atoms with Crippen molar-refractivity contribution in [3.05, 3.63) is 77.9 Å². The summed E-state index contributed by atoms with van der Waals surface area (Å²) in [7, 11) is 1.78. The Labute approximate surface area is 225 Å². The van der Waals surface area contributed by atoms with Crippen LogP contribution in [0.4, 0.5) is 26.4 Å². The van der Waals surface area contributed by atoms with Crippen LogP contribution in [0.25, 0.3) is 10.9 Å². The number of benzene rings is 2. The Morgan fingerprint density at radius 1 is 1.15 bits per heavy atom. The molecular formula is C28H30FN7O3. The zero-order chi connectivity index (χ0) is 27.5. The van der Waals surface area contributed by atoms with Crippen LogP contribution in [-0.2, 0) is 13.5 Å². The molecule has 4 heterocycles. The molecule has 0 unspecified atom stereocenters. The molecule has 6 rings (SSSR count). The van der Waals surface area contributed by atoms with Gasteiger partial charge in [0.25, 0.3) is 0 Å². The fourth-order valence-electron chi connectivity index (χ4n) is 4.95. The summed E-state index contributed by atoms with van der Waals surface area (Å²) in [5.74, 6) is -0.736. The number of anilines is 3. The van der Waals surface area contributed by atoms with Gasteiger partial charge in [0.2, 0.25) is 0 Å². The van der Waals surface area contributed by atoms with Crippen molar-refractivity contribution >= 4 is 40.1 Å². The van der Waals surface area contributed by atoms with Gasteiger partial charge in [-0.1, -0.05) is 18.2 Å². The molecule has 1 fully saturated rings. The van der Waals surface area contributed by atoms with E-state index in [1.54, 1.807) is 65.4 Å². The third kappa shape index (κ3) is 5.68. The van der Waals surface area contributed by atoms with Crippen LogP contribution in [0.1, 0.15) is 22.8 Å². The van der Waals surface area contributed by atoms with Crippen molar-refractivity contribution in [1.29, 1.82) is 0 Å². The van der Waals surface area contributed by atoms with Gasteiger partial charge in [-0.2, -0.15) is 5.10 Å². The van der Waals surface area contributed by atoms with E-state index in [-0.39, 0.29) is 11.7 Å². The third-order valence-corrected chi connectivity index (χ3v) is 6.77. The largest absolute Gasteiger partial charge is 0.478 e. The van der Waals surface area contributed by atoms with Crippen LogP contribution in [-0.4, -0.2) is 64.1 Å². The number of nitrogens with one attached hydrogen (secondary N) is 2. The number of carbonyl (C=O) groups excluding carboxylic acids is 1. The average molecular weight is 532 g/mol. The van der Waals surface area contributed by atoms with Gasteiger partial charge in [-0.25, -0.2) is 19.0 Å². The van der Waals surface area contributed by atoms with Crippen LogP contribution in [0.3, 0.4) is 0 Å². The molecule has 1 atom stereocenters. The minimum absolute atomic E-state index is 0.140. The second kappa shape index (κ2) is 11.1. The first-order valence-electron chi connectivity index (χ1n) is 12.8. The maximum absolute atomic E-state index is 14.5. The molecule has 2 aliphatic heterocycles. The Hall–Kier alpha value is -4.51. The number of pyridine rings is 1. The molecule has 2 amide bonds. The number of carboxylic acids is 1. The normalized spacial score (nSPS) is 16.4. The lowest BCUT2D eigenvalue weighted by Gasteiger charge is -2.34. The van der Waals surface area contributed by atoms with Crippen molar-refractivity contribution in [3.8, 4) is 0 Å². The summed E-state index contributed by atoms with van der Waals surface area (Å²) in [5, 5.41) is 19.5. The number of carboxylic acid groups (broad SMARTS) is 1. The first kappa shape index (κ1) is 26.1. The topological polar surface area (TPSA) is 116 Å². The van der Waals surface area contributed by atoms with E-state index in [1.807, 2.05) is 6.07 Å². The Morgan fingerprint density at radius 3 is 2.67 bits per heavy atom. The Balaban J connectivity index is 0.000000292. The zero-order valence-corrected chi connectivity index (χ0v) is 21.8. The first-order valence-corrected chi connectivity index (χ1v) is 12.8. The summed E-state index contributed by atoms with van der Waals surface area (Å²) in [6.45, 7) is 5.45. The standard InChI is InChI=1S/C21H24FN7O.C7H6O2/c1-13-11-28(8-6-23-13)19-3-5-24-20-15(19)4-7-29(20)21(30)25-18-9-14-12-27(2)26-17(14)10-16(18)22;8-7(9)6-4-2-1-3-5-6/h3,5,9-10,12-13,23H,4,6-8,11H2,1-2H3,(H,25,30);1-5H,(H,8,9)/t13-;/m0./s1. The second-order valence-corrected chi connectivity index (χ2v) is 9.63. The minimum Gasteiger partial charge on any atom is -0.478 e. The summed E-state index contributed by atoms with van der Waals surface area (Å²) in [6, 6.07) is 13.3. The van der Waals surface area contributed by atoms with E-state index in [4.69, 9.17) is 5.11 Å². The summed E-state index contributed by atoms with van der Waals surface area (Å²) >= 11 is 0. The molecular weight excluding hydrogens is 501 g/mol. The summed E-state index contributed by atoms with van der Waals surface area (Å²) in [4.78, 5) is 31.6. The second-order valence-electron chi connectivity index (χ2n) is 9.63. The van der Waals surface area contributed by atoms with Crippen molar-refractivity contribution in [2.45, 2.75) is 19.4 Å². The van der Waals surface area contributed by atoms with E-state index in [0.29, 0.717) is 29.5 Å². The van der Waals surface area contributed by atoms with E-state index >= 15 is 0 Å². The lowest BCUT2D eigenvalue weighted by atomic mass is 10.1. The van der Waals surface area contributed by atoms with Gasteiger partial charge in [-0.15, -0.1) is 0 Å². The van der Waals surface area contributed by atoms with Gasteiger partial charge >= 0.3 is 12.0 Å². The fraction of sp³-hybridized carbons (Fsp3) is 0.286. The van der Waals surface area contributed by atoms with Gasteiger partial charge in [0.1, 0.15) is 11.6 Å². The molecule has 1 saturated heterocycles. The molecule has 2 aromatic heterocycles. The molecule has 3 N–H and O–H groups in total. The number of halogens is 1. The summed E-state index contributed by atoms with van der Waals surface area (Å²) in [5.41, 5.74) is 3.23. The number of amides is 2. The quantitative estimate of drug-likeness (QED) is 0.367. The molecule has 0 spiro atoms. The van der Waals surface area contributed by atoms with Gasteiger partial charge in [-0.3, -0.25) is 9.58 Å². The Kier molecular flexibility index (Phi) is 7.42. The van der Waals surface area contributed by atoms with Gasteiger partial charge in [0.05, 0.1) is 16.8 Å². The van der Waals surface area contributed by atoms with Gasteiger partial charge in [0.15, 0.2) is 0 Å². The maximum Gasteiger partial charge on any atom is 0.335 e. The van der Waals surface area contributed by atoms with E-state index in [0.717, 1.165) is 42.7 Å². The number of piperazine rings is 1. The molecule has 2 aliphatic rings. The minimum atomic E-state index is -0.879.